The fourth-order valence-electron chi connectivity index (χ4n) is 2.38. The van der Waals surface area contributed by atoms with Gasteiger partial charge in [0.1, 0.15) is 0 Å². The highest BCUT2D eigenvalue weighted by Crippen LogP contribution is 2.38. The van der Waals surface area contributed by atoms with Gasteiger partial charge in [-0.1, -0.05) is 13.8 Å². The molecule has 1 atom stereocenters. The molecule has 2 aliphatic rings. The second-order valence-corrected chi connectivity index (χ2v) is 4.62. The Balaban J connectivity index is 0.000000461. The average molecular weight is 199 g/mol. The van der Waals surface area contributed by atoms with Crippen LogP contribution in [0.25, 0.3) is 0 Å². The Morgan fingerprint density at radius 3 is 2.36 bits per heavy atom. The first-order chi connectivity index (χ1) is 6.72. The number of nitrogens with zero attached hydrogens (tertiary/aromatic N) is 1. The number of hydrogen-bond acceptors (Lipinski definition) is 2. The molecule has 2 aliphatic heterocycles. The standard InChI is InChI=1S/C10H19NO.C2H6/c1-9(2)11-5-3-10(7-11)4-6-12-8-10;1-2/h9H,3-8H2,1-2H3;1-2H3. The molecule has 0 amide bonds. The minimum absolute atomic E-state index is 0.546. The van der Waals surface area contributed by atoms with Crippen LogP contribution in [-0.2, 0) is 4.74 Å². The summed E-state index contributed by atoms with van der Waals surface area (Å²) in [4.78, 5) is 2.58. The first-order valence-corrected chi connectivity index (χ1v) is 6.04. The minimum atomic E-state index is 0.546. The van der Waals surface area contributed by atoms with Crippen LogP contribution in [0.3, 0.4) is 0 Å². The minimum Gasteiger partial charge on any atom is -0.381 e. The van der Waals surface area contributed by atoms with Gasteiger partial charge >= 0.3 is 0 Å². The van der Waals surface area contributed by atoms with E-state index in [9.17, 15) is 0 Å². The van der Waals surface area contributed by atoms with Crippen LogP contribution in [0.2, 0.25) is 0 Å². The van der Waals surface area contributed by atoms with E-state index >= 15 is 0 Å². The lowest BCUT2D eigenvalue weighted by molar-refractivity contribution is 0.148. The Hall–Kier alpha value is -0.0800. The molecular formula is C12H25NO. The monoisotopic (exact) mass is 199 g/mol. The number of likely N-dealkylation sites (tertiary alicyclic amines) is 1. The van der Waals surface area contributed by atoms with Gasteiger partial charge in [-0.05, 0) is 33.2 Å². The summed E-state index contributed by atoms with van der Waals surface area (Å²) >= 11 is 0. The van der Waals surface area contributed by atoms with Crippen molar-refractivity contribution in [3.8, 4) is 0 Å². The van der Waals surface area contributed by atoms with E-state index in [1.54, 1.807) is 0 Å². The molecular weight excluding hydrogens is 174 g/mol. The Labute approximate surface area is 88.6 Å². The predicted octanol–water partition coefficient (Wildman–Crippen LogP) is 2.53. The summed E-state index contributed by atoms with van der Waals surface area (Å²) in [6.07, 6.45) is 2.64. The summed E-state index contributed by atoms with van der Waals surface area (Å²) < 4.78 is 5.48. The third kappa shape index (κ3) is 2.48. The van der Waals surface area contributed by atoms with E-state index in [-0.39, 0.29) is 0 Å². The molecule has 0 aromatic carbocycles. The predicted molar refractivity (Wildman–Crippen MR) is 60.5 cm³/mol. The highest BCUT2D eigenvalue weighted by molar-refractivity contribution is 4.93. The van der Waals surface area contributed by atoms with Crippen LogP contribution in [0.4, 0.5) is 0 Å². The Morgan fingerprint density at radius 2 is 1.93 bits per heavy atom. The van der Waals surface area contributed by atoms with Crippen molar-refractivity contribution in [2.45, 2.75) is 46.6 Å². The van der Waals surface area contributed by atoms with E-state index in [1.165, 1.54) is 25.9 Å². The molecule has 0 aromatic heterocycles. The van der Waals surface area contributed by atoms with Crippen molar-refractivity contribution >= 4 is 0 Å². The third-order valence-corrected chi connectivity index (χ3v) is 3.38. The smallest absolute Gasteiger partial charge is 0.0536 e. The van der Waals surface area contributed by atoms with Gasteiger partial charge in [-0.15, -0.1) is 0 Å². The van der Waals surface area contributed by atoms with Crippen LogP contribution >= 0.6 is 0 Å². The molecule has 2 nitrogen and oxygen atoms in total. The molecule has 0 N–H and O–H groups in total. The lowest BCUT2D eigenvalue weighted by Crippen LogP contribution is -2.32. The maximum atomic E-state index is 5.48. The maximum absolute atomic E-state index is 5.48. The van der Waals surface area contributed by atoms with Gasteiger partial charge in [0, 0.05) is 24.6 Å². The molecule has 2 heterocycles. The van der Waals surface area contributed by atoms with Gasteiger partial charge in [-0.25, -0.2) is 0 Å². The molecule has 0 aliphatic carbocycles. The Morgan fingerprint density at radius 1 is 1.21 bits per heavy atom. The zero-order valence-corrected chi connectivity index (χ0v) is 10.2. The molecule has 2 heteroatoms. The molecule has 1 unspecified atom stereocenters. The van der Waals surface area contributed by atoms with E-state index in [0.717, 1.165) is 13.2 Å². The molecule has 84 valence electrons. The van der Waals surface area contributed by atoms with Gasteiger partial charge in [0.15, 0.2) is 0 Å². The SMILES string of the molecule is CC.CC(C)N1CCC2(CCOC2)C1. The molecule has 2 saturated heterocycles. The van der Waals surface area contributed by atoms with Gasteiger partial charge < -0.3 is 9.64 Å². The molecule has 2 fully saturated rings. The average Bonchev–Trinajstić information content (AvgIpc) is 2.81. The summed E-state index contributed by atoms with van der Waals surface area (Å²) in [5.41, 5.74) is 0.546. The van der Waals surface area contributed by atoms with Crippen molar-refractivity contribution in [2.24, 2.45) is 5.41 Å². The van der Waals surface area contributed by atoms with Gasteiger partial charge in [0.25, 0.3) is 0 Å². The largest absolute Gasteiger partial charge is 0.381 e. The van der Waals surface area contributed by atoms with Crippen molar-refractivity contribution in [1.82, 2.24) is 4.90 Å². The lowest BCUT2D eigenvalue weighted by Gasteiger charge is -2.24. The van der Waals surface area contributed by atoms with Crippen LogP contribution < -0.4 is 0 Å². The third-order valence-electron chi connectivity index (χ3n) is 3.38. The van der Waals surface area contributed by atoms with Gasteiger partial charge in [0.2, 0.25) is 0 Å². The molecule has 0 bridgehead atoms. The second kappa shape index (κ2) is 5.13. The summed E-state index contributed by atoms with van der Waals surface area (Å²) in [6, 6.07) is 0.713. The maximum Gasteiger partial charge on any atom is 0.0536 e. The van der Waals surface area contributed by atoms with Gasteiger partial charge in [-0.2, -0.15) is 0 Å². The number of ether oxygens (including phenoxy) is 1. The number of rotatable bonds is 1. The summed E-state index contributed by atoms with van der Waals surface area (Å²) in [6.45, 7) is 13.1. The van der Waals surface area contributed by atoms with Crippen molar-refractivity contribution in [2.75, 3.05) is 26.3 Å². The summed E-state index contributed by atoms with van der Waals surface area (Å²) in [5.74, 6) is 0. The zero-order valence-electron chi connectivity index (χ0n) is 10.2. The molecule has 2 rings (SSSR count). The van der Waals surface area contributed by atoms with Crippen molar-refractivity contribution in [3.63, 3.8) is 0 Å². The van der Waals surface area contributed by atoms with Crippen LogP contribution in [0, 0.1) is 5.41 Å². The van der Waals surface area contributed by atoms with Crippen LogP contribution in [0.5, 0.6) is 0 Å². The van der Waals surface area contributed by atoms with Gasteiger partial charge in [0.05, 0.1) is 6.61 Å². The summed E-state index contributed by atoms with van der Waals surface area (Å²) in [5, 5.41) is 0. The highest BCUT2D eigenvalue weighted by atomic mass is 16.5. The van der Waals surface area contributed by atoms with Crippen molar-refractivity contribution < 1.29 is 4.74 Å². The molecule has 0 saturated carbocycles. The van der Waals surface area contributed by atoms with Crippen molar-refractivity contribution in [3.05, 3.63) is 0 Å². The lowest BCUT2D eigenvalue weighted by atomic mass is 9.87. The topological polar surface area (TPSA) is 12.5 Å². The van der Waals surface area contributed by atoms with E-state index < -0.39 is 0 Å². The van der Waals surface area contributed by atoms with E-state index in [4.69, 9.17) is 4.74 Å². The van der Waals surface area contributed by atoms with Crippen LogP contribution in [0.15, 0.2) is 0 Å². The molecule has 14 heavy (non-hydrogen) atoms. The Bertz CT molecular complexity index is 162. The fourth-order valence-corrected chi connectivity index (χ4v) is 2.38. The highest BCUT2D eigenvalue weighted by Gasteiger charge is 2.41. The molecule has 1 spiro atoms. The zero-order chi connectivity index (χ0) is 10.6. The summed E-state index contributed by atoms with van der Waals surface area (Å²) in [7, 11) is 0. The number of hydrogen-bond donors (Lipinski definition) is 0. The fraction of sp³-hybridized carbons (Fsp3) is 1.00. The molecule has 0 radical (unpaired) electrons. The second-order valence-electron chi connectivity index (χ2n) is 4.62. The van der Waals surface area contributed by atoms with Crippen molar-refractivity contribution in [1.29, 1.82) is 0 Å². The molecule has 0 aromatic rings. The first kappa shape index (κ1) is 12.0. The van der Waals surface area contributed by atoms with Gasteiger partial charge in [-0.3, -0.25) is 0 Å². The Kier molecular flexibility index (Phi) is 4.39. The van der Waals surface area contributed by atoms with E-state index in [1.807, 2.05) is 13.8 Å². The first-order valence-electron chi connectivity index (χ1n) is 6.04. The normalized spacial score (nSPS) is 32.4. The van der Waals surface area contributed by atoms with Crippen LogP contribution in [-0.4, -0.2) is 37.2 Å². The van der Waals surface area contributed by atoms with Crippen LogP contribution in [0.1, 0.15) is 40.5 Å². The quantitative estimate of drug-likeness (QED) is 0.643. The van der Waals surface area contributed by atoms with E-state index in [2.05, 4.69) is 18.7 Å². The van der Waals surface area contributed by atoms with E-state index in [0.29, 0.717) is 11.5 Å².